The van der Waals surface area contributed by atoms with E-state index in [0.717, 1.165) is 11.1 Å². The zero-order chi connectivity index (χ0) is 33.7. The molecule has 8 nitrogen and oxygen atoms in total. The summed E-state index contributed by atoms with van der Waals surface area (Å²) in [4.78, 5) is 0.529. The third kappa shape index (κ3) is 7.05. The number of hydrogen-bond donors (Lipinski definition) is 0. The SMILES string of the molecule is COc1ccc(Oc2ccc(S(=O)(=O)c3ccc(-c4ccc(S(=O)(=O)c5ccc(Oc6ccc(OC)cc6)cc5)cc4)cc3)cc2)cc1. The average molecular weight is 679 g/mol. The van der Waals surface area contributed by atoms with Crippen LogP contribution in [0.3, 0.4) is 0 Å². The van der Waals surface area contributed by atoms with E-state index in [9.17, 15) is 16.8 Å². The maximum absolute atomic E-state index is 13.3. The predicted molar refractivity (Wildman–Crippen MR) is 182 cm³/mol. The fourth-order valence-electron chi connectivity index (χ4n) is 4.86. The second-order valence-electron chi connectivity index (χ2n) is 10.6. The Morgan fingerprint density at radius 3 is 0.771 bits per heavy atom. The lowest BCUT2D eigenvalue weighted by Gasteiger charge is -2.10. The molecule has 6 rings (SSSR count). The van der Waals surface area contributed by atoms with Gasteiger partial charge in [0, 0.05) is 0 Å². The van der Waals surface area contributed by atoms with Crippen molar-refractivity contribution in [2.45, 2.75) is 19.6 Å². The molecule has 0 unspecified atom stereocenters. The van der Waals surface area contributed by atoms with E-state index >= 15 is 0 Å². The van der Waals surface area contributed by atoms with Gasteiger partial charge in [0.15, 0.2) is 0 Å². The highest BCUT2D eigenvalue weighted by Gasteiger charge is 2.20. The fraction of sp³-hybridized carbons (Fsp3) is 0.0526. The second kappa shape index (κ2) is 13.6. The van der Waals surface area contributed by atoms with Gasteiger partial charge in [0.05, 0.1) is 33.8 Å². The Labute approximate surface area is 279 Å². The van der Waals surface area contributed by atoms with Gasteiger partial charge < -0.3 is 18.9 Å². The zero-order valence-corrected chi connectivity index (χ0v) is 27.6. The molecule has 242 valence electrons. The largest absolute Gasteiger partial charge is 0.497 e. The summed E-state index contributed by atoms with van der Waals surface area (Å²) in [5.74, 6) is 3.59. The van der Waals surface area contributed by atoms with Crippen LogP contribution in [0.4, 0.5) is 0 Å². The Morgan fingerprint density at radius 2 is 0.521 bits per heavy atom. The molecule has 0 amide bonds. The third-order valence-electron chi connectivity index (χ3n) is 7.52. The molecule has 48 heavy (non-hydrogen) atoms. The minimum Gasteiger partial charge on any atom is -0.497 e. The van der Waals surface area contributed by atoms with Crippen LogP contribution in [-0.2, 0) is 19.7 Å². The van der Waals surface area contributed by atoms with Gasteiger partial charge in [-0.25, -0.2) is 16.8 Å². The van der Waals surface area contributed by atoms with Gasteiger partial charge in [-0.05, 0) is 132 Å². The van der Waals surface area contributed by atoms with Gasteiger partial charge in [0.2, 0.25) is 19.7 Å². The quantitative estimate of drug-likeness (QED) is 0.134. The maximum atomic E-state index is 13.3. The van der Waals surface area contributed by atoms with Crippen LogP contribution >= 0.6 is 0 Å². The topological polar surface area (TPSA) is 105 Å². The number of methoxy groups -OCH3 is 2. The Hall–Kier alpha value is -5.58. The Balaban J connectivity index is 1.11. The highest BCUT2D eigenvalue weighted by molar-refractivity contribution is 7.91. The first-order valence-corrected chi connectivity index (χ1v) is 17.7. The molecular formula is C38H30O8S2. The first-order valence-electron chi connectivity index (χ1n) is 14.7. The highest BCUT2D eigenvalue weighted by Crippen LogP contribution is 2.31. The van der Waals surface area contributed by atoms with E-state index in [1.54, 1.807) is 111 Å². The molecule has 0 radical (unpaired) electrons. The van der Waals surface area contributed by atoms with Crippen LogP contribution < -0.4 is 18.9 Å². The Bertz CT molecular complexity index is 2050. The Kier molecular flexibility index (Phi) is 9.20. The van der Waals surface area contributed by atoms with E-state index in [4.69, 9.17) is 18.9 Å². The van der Waals surface area contributed by atoms with Crippen molar-refractivity contribution in [2.75, 3.05) is 14.2 Å². The van der Waals surface area contributed by atoms with Crippen LogP contribution in [0.1, 0.15) is 0 Å². The van der Waals surface area contributed by atoms with Crippen molar-refractivity contribution >= 4 is 19.7 Å². The van der Waals surface area contributed by atoms with Crippen molar-refractivity contribution in [3.8, 4) is 45.6 Å². The summed E-state index contributed by atoms with van der Waals surface area (Å²) in [6, 6.07) is 39.5. The van der Waals surface area contributed by atoms with E-state index in [2.05, 4.69) is 0 Å². The van der Waals surface area contributed by atoms with Gasteiger partial charge in [-0.15, -0.1) is 0 Å². The molecule has 0 spiro atoms. The van der Waals surface area contributed by atoms with Crippen LogP contribution in [0.5, 0.6) is 34.5 Å². The summed E-state index contributed by atoms with van der Waals surface area (Å²) < 4.78 is 75.2. The van der Waals surface area contributed by atoms with Crippen molar-refractivity contribution in [1.29, 1.82) is 0 Å². The monoisotopic (exact) mass is 678 g/mol. The lowest BCUT2D eigenvalue weighted by atomic mass is 10.1. The summed E-state index contributed by atoms with van der Waals surface area (Å²) in [6.07, 6.45) is 0. The molecule has 0 aromatic heterocycles. The van der Waals surface area contributed by atoms with Crippen molar-refractivity contribution in [1.82, 2.24) is 0 Å². The van der Waals surface area contributed by atoms with Gasteiger partial charge in [-0.2, -0.15) is 0 Å². The van der Waals surface area contributed by atoms with Gasteiger partial charge in [-0.1, -0.05) is 24.3 Å². The average Bonchev–Trinajstić information content (AvgIpc) is 3.13. The minimum absolute atomic E-state index is 0.132. The second-order valence-corrected chi connectivity index (χ2v) is 14.5. The molecule has 0 N–H and O–H groups in total. The standard InChI is InChI=1S/C38H30O8S2/c1-43-29-7-11-31(12-8-29)45-33-15-23-37(24-16-33)47(39,40)35-19-3-27(4-20-35)28-5-21-36(22-6-28)48(41,42)38-25-17-34(18-26-38)46-32-13-9-30(44-2)10-14-32/h3-26H,1-2H3. The van der Waals surface area contributed by atoms with Gasteiger partial charge in [0.25, 0.3) is 0 Å². The molecule has 6 aromatic carbocycles. The molecule has 6 aromatic rings. The van der Waals surface area contributed by atoms with E-state index in [1.807, 2.05) is 0 Å². The number of benzene rings is 6. The molecule has 0 aliphatic rings. The minimum atomic E-state index is -3.78. The van der Waals surface area contributed by atoms with Crippen molar-refractivity contribution < 1.29 is 35.8 Å². The first-order chi connectivity index (χ1) is 23.1. The van der Waals surface area contributed by atoms with Crippen molar-refractivity contribution in [2.24, 2.45) is 0 Å². The summed E-state index contributed by atoms with van der Waals surface area (Å²) in [7, 11) is -4.40. The first kappa shape index (κ1) is 32.4. The van der Waals surface area contributed by atoms with Crippen molar-refractivity contribution in [3.63, 3.8) is 0 Å². The van der Waals surface area contributed by atoms with Crippen LogP contribution in [0, 0.1) is 0 Å². The van der Waals surface area contributed by atoms with E-state index < -0.39 is 19.7 Å². The van der Waals surface area contributed by atoms with Crippen LogP contribution in [0.25, 0.3) is 11.1 Å². The Morgan fingerprint density at radius 1 is 0.312 bits per heavy atom. The number of ether oxygens (including phenoxy) is 4. The zero-order valence-electron chi connectivity index (χ0n) is 25.9. The number of hydrogen-bond acceptors (Lipinski definition) is 8. The molecule has 0 aliphatic heterocycles. The van der Waals surface area contributed by atoms with Gasteiger partial charge in [0.1, 0.15) is 34.5 Å². The van der Waals surface area contributed by atoms with E-state index in [-0.39, 0.29) is 19.6 Å². The summed E-state index contributed by atoms with van der Waals surface area (Å²) in [5, 5.41) is 0. The molecule has 0 aliphatic carbocycles. The maximum Gasteiger partial charge on any atom is 0.206 e. The molecule has 0 saturated carbocycles. The van der Waals surface area contributed by atoms with Gasteiger partial charge in [-0.3, -0.25) is 0 Å². The van der Waals surface area contributed by atoms with E-state index in [1.165, 1.54) is 48.5 Å². The lowest BCUT2D eigenvalue weighted by molar-refractivity contribution is 0.412. The van der Waals surface area contributed by atoms with E-state index in [0.29, 0.717) is 34.5 Å². The third-order valence-corrected chi connectivity index (χ3v) is 11.1. The fourth-order valence-corrected chi connectivity index (χ4v) is 7.38. The molecule has 0 bridgehead atoms. The lowest BCUT2D eigenvalue weighted by Crippen LogP contribution is -2.02. The molecule has 0 atom stereocenters. The normalized spacial score (nSPS) is 11.5. The summed E-state index contributed by atoms with van der Waals surface area (Å²) in [5.41, 5.74) is 1.47. The molecule has 0 saturated heterocycles. The number of rotatable bonds is 11. The molecule has 0 heterocycles. The van der Waals surface area contributed by atoms with Gasteiger partial charge >= 0.3 is 0 Å². The summed E-state index contributed by atoms with van der Waals surface area (Å²) in [6.45, 7) is 0. The summed E-state index contributed by atoms with van der Waals surface area (Å²) >= 11 is 0. The predicted octanol–water partition coefficient (Wildman–Crippen LogP) is 8.62. The van der Waals surface area contributed by atoms with Crippen LogP contribution in [0.2, 0.25) is 0 Å². The molecule has 0 fully saturated rings. The number of sulfone groups is 2. The van der Waals surface area contributed by atoms with Crippen molar-refractivity contribution in [3.05, 3.63) is 146 Å². The highest BCUT2D eigenvalue weighted by atomic mass is 32.2. The molecule has 10 heteroatoms. The van der Waals surface area contributed by atoms with Crippen LogP contribution in [0.15, 0.2) is 165 Å². The van der Waals surface area contributed by atoms with Crippen LogP contribution in [-0.4, -0.2) is 31.1 Å². The smallest absolute Gasteiger partial charge is 0.206 e. The molecular weight excluding hydrogens is 649 g/mol.